The van der Waals surface area contributed by atoms with E-state index in [9.17, 15) is 0 Å². The lowest BCUT2D eigenvalue weighted by Crippen LogP contribution is -1.89. The maximum absolute atomic E-state index is 8.73. The molecule has 3 nitrogen and oxygen atoms in total. The molecule has 16 heavy (non-hydrogen) atoms. The third kappa shape index (κ3) is 2.13. The molecule has 0 amide bonds. The first kappa shape index (κ1) is 10.9. The van der Waals surface area contributed by atoms with Gasteiger partial charge in [-0.05, 0) is 18.2 Å². The van der Waals surface area contributed by atoms with E-state index in [1.165, 1.54) is 6.33 Å². The SMILES string of the molecule is N#Cc1cc(-c2ccc(Cl)cc2Cl)ncn1. The molecule has 78 valence electrons. The highest BCUT2D eigenvalue weighted by atomic mass is 35.5. The Balaban J connectivity index is 2.55. The monoisotopic (exact) mass is 249 g/mol. The van der Waals surface area contributed by atoms with Crippen molar-refractivity contribution in [2.45, 2.75) is 0 Å². The third-order valence-electron chi connectivity index (χ3n) is 1.99. The summed E-state index contributed by atoms with van der Waals surface area (Å²) in [6, 6.07) is 8.63. The maximum atomic E-state index is 8.73. The van der Waals surface area contributed by atoms with Crippen LogP contribution in [0.3, 0.4) is 0 Å². The van der Waals surface area contributed by atoms with Gasteiger partial charge in [0.2, 0.25) is 0 Å². The second-order valence-electron chi connectivity index (χ2n) is 3.02. The van der Waals surface area contributed by atoms with Crippen LogP contribution in [0.5, 0.6) is 0 Å². The zero-order valence-corrected chi connectivity index (χ0v) is 9.50. The number of nitrogens with zero attached hydrogens (tertiary/aromatic N) is 3. The predicted octanol–water partition coefficient (Wildman–Crippen LogP) is 3.32. The standard InChI is InChI=1S/C11H5Cl2N3/c12-7-1-2-9(10(13)3-7)11-4-8(5-14)15-6-16-11/h1-4,6H. The lowest BCUT2D eigenvalue weighted by Gasteiger charge is -2.03. The van der Waals surface area contributed by atoms with E-state index >= 15 is 0 Å². The molecule has 0 saturated carbocycles. The van der Waals surface area contributed by atoms with Crippen LogP contribution in [0, 0.1) is 11.3 Å². The lowest BCUT2D eigenvalue weighted by atomic mass is 10.1. The van der Waals surface area contributed by atoms with Crippen LogP contribution in [0.4, 0.5) is 0 Å². The molecular weight excluding hydrogens is 245 g/mol. The van der Waals surface area contributed by atoms with Crippen molar-refractivity contribution in [3.63, 3.8) is 0 Å². The number of halogens is 2. The molecule has 0 N–H and O–H groups in total. The van der Waals surface area contributed by atoms with Gasteiger partial charge in [-0.25, -0.2) is 9.97 Å². The Hall–Kier alpha value is -1.63. The van der Waals surface area contributed by atoms with Crippen LogP contribution in [-0.2, 0) is 0 Å². The van der Waals surface area contributed by atoms with E-state index in [2.05, 4.69) is 9.97 Å². The van der Waals surface area contributed by atoms with Crippen LogP contribution in [0.2, 0.25) is 10.0 Å². The Morgan fingerprint density at radius 1 is 1.12 bits per heavy atom. The maximum Gasteiger partial charge on any atom is 0.144 e. The zero-order valence-electron chi connectivity index (χ0n) is 7.98. The topological polar surface area (TPSA) is 49.6 Å². The number of rotatable bonds is 1. The van der Waals surface area contributed by atoms with Crippen LogP contribution < -0.4 is 0 Å². The summed E-state index contributed by atoms with van der Waals surface area (Å²) in [5, 5.41) is 9.78. The number of hydrogen-bond acceptors (Lipinski definition) is 3. The summed E-state index contributed by atoms with van der Waals surface area (Å²) in [5.41, 5.74) is 1.63. The molecule has 1 heterocycles. The molecule has 2 rings (SSSR count). The van der Waals surface area contributed by atoms with Gasteiger partial charge in [-0.2, -0.15) is 5.26 Å². The molecule has 1 aromatic carbocycles. The molecule has 0 fully saturated rings. The number of aromatic nitrogens is 2. The predicted molar refractivity (Wildman–Crippen MR) is 62.2 cm³/mol. The molecular formula is C11H5Cl2N3. The van der Waals surface area contributed by atoms with Gasteiger partial charge in [0.15, 0.2) is 0 Å². The smallest absolute Gasteiger partial charge is 0.144 e. The van der Waals surface area contributed by atoms with Gasteiger partial charge in [-0.3, -0.25) is 0 Å². The van der Waals surface area contributed by atoms with Gasteiger partial charge in [-0.1, -0.05) is 23.2 Å². The molecule has 0 aliphatic carbocycles. The first-order valence-corrected chi connectivity index (χ1v) is 5.14. The summed E-state index contributed by atoms with van der Waals surface area (Å²) in [7, 11) is 0. The van der Waals surface area contributed by atoms with E-state index in [1.807, 2.05) is 6.07 Å². The van der Waals surface area contributed by atoms with Crippen LogP contribution in [0.25, 0.3) is 11.3 Å². The summed E-state index contributed by atoms with van der Waals surface area (Å²) >= 11 is 11.8. The highest BCUT2D eigenvalue weighted by molar-refractivity contribution is 6.36. The molecule has 5 heteroatoms. The zero-order chi connectivity index (χ0) is 11.5. The Morgan fingerprint density at radius 2 is 1.94 bits per heavy atom. The van der Waals surface area contributed by atoms with Gasteiger partial charge in [0.05, 0.1) is 10.7 Å². The normalized spacial score (nSPS) is 9.81. The Bertz CT molecular complexity index is 576. The lowest BCUT2D eigenvalue weighted by molar-refractivity contribution is 1.14. The molecule has 0 bridgehead atoms. The summed E-state index contributed by atoms with van der Waals surface area (Å²) in [6.45, 7) is 0. The van der Waals surface area contributed by atoms with E-state index in [4.69, 9.17) is 28.5 Å². The molecule has 0 aliphatic heterocycles. The molecule has 0 unspecified atom stereocenters. The van der Waals surface area contributed by atoms with Gasteiger partial charge in [0, 0.05) is 16.7 Å². The number of nitriles is 1. The quantitative estimate of drug-likeness (QED) is 0.779. The summed E-state index contributed by atoms with van der Waals surface area (Å²) in [4.78, 5) is 7.85. The second-order valence-corrected chi connectivity index (χ2v) is 3.87. The molecule has 0 radical (unpaired) electrons. The first-order valence-electron chi connectivity index (χ1n) is 4.38. The van der Waals surface area contributed by atoms with Crippen molar-refractivity contribution in [1.82, 2.24) is 9.97 Å². The third-order valence-corrected chi connectivity index (χ3v) is 2.54. The highest BCUT2D eigenvalue weighted by Gasteiger charge is 2.06. The summed E-state index contributed by atoms with van der Waals surface area (Å²) in [5.74, 6) is 0. The van der Waals surface area contributed by atoms with E-state index in [0.29, 0.717) is 21.4 Å². The molecule has 0 aliphatic rings. The summed E-state index contributed by atoms with van der Waals surface area (Å²) in [6.07, 6.45) is 1.33. The van der Waals surface area contributed by atoms with Crippen LogP contribution >= 0.6 is 23.2 Å². The van der Waals surface area contributed by atoms with Crippen molar-refractivity contribution in [3.8, 4) is 17.3 Å². The van der Waals surface area contributed by atoms with Crippen molar-refractivity contribution >= 4 is 23.2 Å². The average molecular weight is 250 g/mol. The molecule has 0 spiro atoms. The van der Waals surface area contributed by atoms with Crippen LogP contribution in [0.1, 0.15) is 5.69 Å². The van der Waals surface area contributed by atoms with Crippen molar-refractivity contribution in [1.29, 1.82) is 5.26 Å². The number of hydrogen-bond donors (Lipinski definition) is 0. The minimum absolute atomic E-state index is 0.302. The van der Waals surface area contributed by atoms with E-state index in [0.717, 1.165) is 5.56 Å². The van der Waals surface area contributed by atoms with Crippen molar-refractivity contribution in [2.24, 2.45) is 0 Å². The van der Waals surface area contributed by atoms with Gasteiger partial charge >= 0.3 is 0 Å². The fourth-order valence-corrected chi connectivity index (χ4v) is 1.77. The van der Waals surface area contributed by atoms with Crippen molar-refractivity contribution < 1.29 is 0 Å². The van der Waals surface area contributed by atoms with E-state index < -0.39 is 0 Å². The van der Waals surface area contributed by atoms with Crippen LogP contribution in [0.15, 0.2) is 30.6 Å². The van der Waals surface area contributed by atoms with Crippen molar-refractivity contribution in [3.05, 3.63) is 46.3 Å². The van der Waals surface area contributed by atoms with Gasteiger partial charge < -0.3 is 0 Å². The van der Waals surface area contributed by atoms with Gasteiger partial charge in [-0.15, -0.1) is 0 Å². The number of benzene rings is 1. The largest absolute Gasteiger partial charge is 0.236 e. The second kappa shape index (κ2) is 4.48. The Labute approximate surface area is 102 Å². The fraction of sp³-hybridized carbons (Fsp3) is 0. The highest BCUT2D eigenvalue weighted by Crippen LogP contribution is 2.28. The van der Waals surface area contributed by atoms with E-state index in [1.54, 1.807) is 24.3 Å². The molecule has 2 aromatic rings. The first-order chi connectivity index (χ1) is 7.70. The van der Waals surface area contributed by atoms with E-state index in [-0.39, 0.29) is 0 Å². The van der Waals surface area contributed by atoms with Gasteiger partial charge in [0.25, 0.3) is 0 Å². The minimum atomic E-state index is 0.302. The molecule has 1 aromatic heterocycles. The molecule has 0 saturated heterocycles. The Morgan fingerprint density at radius 3 is 2.62 bits per heavy atom. The minimum Gasteiger partial charge on any atom is -0.236 e. The van der Waals surface area contributed by atoms with Gasteiger partial charge in [0.1, 0.15) is 18.1 Å². The molecule has 0 atom stereocenters. The van der Waals surface area contributed by atoms with Crippen molar-refractivity contribution in [2.75, 3.05) is 0 Å². The summed E-state index contributed by atoms with van der Waals surface area (Å²) < 4.78 is 0. The fourth-order valence-electron chi connectivity index (χ4n) is 1.26. The average Bonchev–Trinajstić information content (AvgIpc) is 2.29. The Kier molecular flexibility index (Phi) is 3.04. The van der Waals surface area contributed by atoms with Crippen LogP contribution in [-0.4, -0.2) is 9.97 Å².